The second-order valence-corrected chi connectivity index (χ2v) is 6.20. The maximum atomic E-state index is 13.9. The van der Waals surface area contributed by atoms with Crippen LogP contribution < -0.4 is 4.74 Å². The minimum Gasteiger partial charge on any atom is -0.489 e. The number of allylic oxidation sites excluding steroid dienone is 1. The van der Waals surface area contributed by atoms with Gasteiger partial charge in [0, 0.05) is 12.0 Å². The fraction of sp³-hybridized carbons (Fsp3) is 0.364. The number of unbranched alkanes of at least 4 members (excludes halogenated alkanes) is 1. The van der Waals surface area contributed by atoms with Crippen molar-refractivity contribution in [1.82, 2.24) is 0 Å². The van der Waals surface area contributed by atoms with Crippen LogP contribution in [0.2, 0.25) is 0 Å². The van der Waals surface area contributed by atoms with Crippen LogP contribution in [0.15, 0.2) is 54.4 Å². The summed E-state index contributed by atoms with van der Waals surface area (Å²) in [6, 6.07) is 14.8. The van der Waals surface area contributed by atoms with Gasteiger partial charge in [0.05, 0.1) is 0 Å². The third-order valence-electron chi connectivity index (χ3n) is 4.06. The molecule has 0 atom stereocenters. The molecule has 2 rings (SSSR count). The van der Waals surface area contributed by atoms with Gasteiger partial charge in [0.25, 0.3) is 0 Å². The van der Waals surface area contributed by atoms with Gasteiger partial charge in [-0.2, -0.15) is 0 Å². The maximum absolute atomic E-state index is 13.9. The average molecular weight is 344 g/mol. The van der Waals surface area contributed by atoms with Crippen molar-refractivity contribution in [2.45, 2.75) is 52.6 Å². The summed E-state index contributed by atoms with van der Waals surface area (Å²) >= 11 is 0. The molecule has 0 fully saturated rings. The van der Waals surface area contributed by atoms with Crippen LogP contribution in [-0.4, -0.2) is 0 Å². The highest BCUT2D eigenvalue weighted by molar-refractivity contribution is 5.61. The zero-order valence-electron chi connectivity index (χ0n) is 15.0. The molecular formula is C22H26F2O. The number of rotatable bonds is 9. The van der Waals surface area contributed by atoms with Crippen molar-refractivity contribution in [3.05, 3.63) is 71.0 Å². The topological polar surface area (TPSA) is 9.23 Å². The SMILES string of the molecule is CCCCc1ccc(COc2ccc(/C(F)=C(\F)CCC)cc2)cc1. The number of aryl methyl sites for hydroxylation is 1. The highest BCUT2D eigenvalue weighted by Crippen LogP contribution is 2.26. The van der Waals surface area contributed by atoms with Crippen LogP contribution in [-0.2, 0) is 13.0 Å². The monoisotopic (exact) mass is 344 g/mol. The quantitative estimate of drug-likeness (QED) is 0.475. The van der Waals surface area contributed by atoms with Crippen molar-refractivity contribution in [2.24, 2.45) is 0 Å². The van der Waals surface area contributed by atoms with Gasteiger partial charge >= 0.3 is 0 Å². The number of ether oxygens (including phenoxy) is 1. The van der Waals surface area contributed by atoms with Crippen molar-refractivity contribution in [3.8, 4) is 5.75 Å². The van der Waals surface area contributed by atoms with Gasteiger partial charge in [0.2, 0.25) is 0 Å². The zero-order chi connectivity index (χ0) is 18.1. The van der Waals surface area contributed by atoms with E-state index >= 15 is 0 Å². The van der Waals surface area contributed by atoms with Crippen LogP contribution in [0.5, 0.6) is 5.75 Å². The van der Waals surface area contributed by atoms with Gasteiger partial charge in [-0.15, -0.1) is 0 Å². The van der Waals surface area contributed by atoms with Crippen LogP contribution in [0.25, 0.3) is 5.83 Å². The van der Waals surface area contributed by atoms with E-state index in [0.717, 1.165) is 12.0 Å². The van der Waals surface area contributed by atoms with Crippen molar-refractivity contribution in [2.75, 3.05) is 0 Å². The second-order valence-electron chi connectivity index (χ2n) is 6.20. The molecule has 0 radical (unpaired) electrons. The van der Waals surface area contributed by atoms with E-state index in [0.29, 0.717) is 18.8 Å². The van der Waals surface area contributed by atoms with Crippen LogP contribution >= 0.6 is 0 Å². The standard InChI is InChI=1S/C22H26F2O/c1-3-5-7-17-8-10-18(11-9-17)16-25-20-14-12-19(13-15-20)22(24)21(23)6-4-2/h8-15H,3-7,16H2,1-2H3/b22-21+. The summed E-state index contributed by atoms with van der Waals surface area (Å²) in [4.78, 5) is 0. The first-order chi connectivity index (χ1) is 12.1. The molecule has 0 bridgehead atoms. The molecule has 134 valence electrons. The Morgan fingerprint density at radius 3 is 2.08 bits per heavy atom. The van der Waals surface area contributed by atoms with E-state index in [4.69, 9.17) is 4.74 Å². The van der Waals surface area contributed by atoms with Gasteiger partial charge < -0.3 is 4.74 Å². The van der Waals surface area contributed by atoms with Gasteiger partial charge in [-0.05, 0) is 54.7 Å². The van der Waals surface area contributed by atoms with Gasteiger partial charge in [0.1, 0.15) is 18.2 Å². The van der Waals surface area contributed by atoms with Gasteiger partial charge in [-0.1, -0.05) is 44.5 Å². The third-order valence-corrected chi connectivity index (χ3v) is 4.06. The third kappa shape index (κ3) is 6.00. The first kappa shape index (κ1) is 19.2. The summed E-state index contributed by atoms with van der Waals surface area (Å²) in [7, 11) is 0. The molecule has 0 N–H and O–H groups in total. The molecule has 0 aliphatic carbocycles. The lowest BCUT2D eigenvalue weighted by atomic mass is 10.1. The minimum absolute atomic E-state index is 0.123. The summed E-state index contributed by atoms with van der Waals surface area (Å²) in [6.07, 6.45) is 4.20. The van der Waals surface area contributed by atoms with Gasteiger partial charge in [-0.25, -0.2) is 8.78 Å². The largest absolute Gasteiger partial charge is 0.489 e. The van der Waals surface area contributed by atoms with E-state index in [2.05, 4.69) is 31.2 Å². The molecule has 0 spiro atoms. The Morgan fingerprint density at radius 2 is 1.48 bits per heavy atom. The van der Waals surface area contributed by atoms with Crippen LogP contribution in [0.1, 0.15) is 56.2 Å². The molecule has 2 aromatic carbocycles. The summed E-state index contributed by atoms with van der Waals surface area (Å²) in [5.41, 5.74) is 2.68. The predicted molar refractivity (Wildman–Crippen MR) is 99.9 cm³/mol. The van der Waals surface area contributed by atoms with E-state index < -0.39 is 11.7 Å². The molecular weight excluding hydrogens is 318 g/mol. The minimum atomic E-state index is -0.781. The zero-order valence-corrected chi connectivity index (χ0v) is 15.0. The lowest BCUT2D eigenvalue weighted by molar-refractivity contribution is 0.306. The lowest BCUT2D eigenvalue weighted by Crippen LogP contribution is -1.96. The molecule has 0 heterocycles. The van der Waals surface area contributed by atoms with E-state index in [-0.39, 0.29) is 12.0 Å². The normalized spacial score (nSPS) is 12.0. The second kappa shape index (κ2) is 9.97. The molecule has 3 heteroatoms. The molecule has 0 aliphatic rings. The molecule has 0 saturated heterocycles. The van der Waals surface area contributed by atoms with E-state index in [1.54, 1.807) is 24.3 Å². The van der Waals surface area contributed by atoms with Crippen molar-refractivity contribution >= 4 is 5.83 Å². The average Bonchev–Trinajstić information content (AvgIpc) is 2.65. The van der Waals surface area contributed by atoms with Gasteiger partial charge in [0.15, 0.2) is 5.83 Å². The Hall–Kier alpha value is -2.16. The Morgan fingerprint density at radius 1 is 0.840 bits per heavy atom. The number of hydrogen-bond acceptors (Lipinski definition) is 1. The number of hydrogen-bond donors (Lipinski definition) is 0. The van der Waals surface area contributed by atoms with Gasteiger partial charge in [-0.3, -0.25) is 0 Å². The highest BCUT2D eigenvalue weighted by atomic mass is 19.2. The Bertz CT molecular complexity index is 672. The van der Waals surface area contributed by atoms with Crippen LogP contribution in [0, 0.1) is 0 Å². The highest BCUT2D eigenvalue weighted by Gasteiger charge is 2.08. The summed E-state index contributed by atoms with van der Waals surface area (Å²) in [5.74, 6) is -0.835. The molecule has 0 aromatic heterocycles. The molecule has 25 heavy (non-hydrogen) atoms. The summed E-state index contributed by atoms with van der Waals surface area (Å²) < 4.78 is 33.1. The van der Waals surface area contributed by atoms with Crippen molar-refractivity contribution in [3.63, 3.8) is 0 Å². The number of halogens is 2. The summed E-state index contributed by atoms with van der Waals surface area (Å²) in [5, 5.41) is 0. The predicted octanol–water partition coefficient (Wildman–Crippen LogP) is 7.02. The van der Waals surface area contributed by atoms with E-state index in [9.17, 15) is 8.78 Å². The lowest BCUT2D eigenvalue weighted by Gasteiger charge is -2.08. The Labute approximate surface area is 149 Å². The molecule has 2 aromatic rings. The van der Waals surface area contributed by atoms with E-state index in [1.807, 2.05) is 6.92 Å². The Balaban J connectivity index is 1.92. The smallest absolute Gasteiger partial charge is 0.161 e. The number of benzene rings is 2. The maximum Gasteiger partial charge on any atom is 0.161 e. The van der Waals surface area contributed by atoms with E-state index in [1.165, 1.54) is 18.4 Å². The van der Waals surface area contributed by atoms with Crippen molar-refractivity contribution in [1.29, 1.82) is 0 Å². The van der Waals surface area contributed by atoms with Crippen molar-refractivity contribution < 1.29 is 13.5 Å². The first-order valence-electron chi connectivity index (χ1n) is 8.99. The Kier molecular flexibility index (Phi) is 7.65. The molecule has 0 aliphatic heterocycles. The fourth-order valence-corrected chi connectivity index (χ4v) is 2.53. The molecule has 0 saturated carbocycles. The molecule has 1 nitrogen and oxygen atoms in total. The molecule has 0 amide bonds. The molecule has 0 unspecified atom stereocenters. The van der Waals surface area contributed by atoms with Crippen LogP contribution in [0.4, 0.5) is 8.78 Å². The summed E-state index contributed by atoms with van der Waals surface area (Å²) in [6.45, 7) is 4.46. The fourth-order valence-electron chi connectivity index (χ4n) is 2.53. The first-order valence-corrected chi connectivity index (χ1v) is 8.99. The van der Waals surface area contributed by atoms with Crippen LogP contribution in [0.3, 0.4) is 0 Å².